The Morgan fingerprint density at radius 3 is 2.94 bits per heavy atom. The highest BCUT2D eigenvalue weighted by molar-refractivity contribution is 9.10. The number of amides is 1. The Morgan fingerprint density at radius 2 is 2.19 bits per heavy atom. The van der Waals surface area contributed by atoms with Crippen LogP contribution in [0.2, 0.25) is 5.02 Å². The minimum absolute atomic E-state index is 0.0254. The number of ether oxygens (including phenoxy) is 1. The number of nitriles is 1. The highest BCUT2D eigenvalue weighted by atomic mass is 79.9. The number of fused-ring (bicyclic) bond motifs is 1. The summed E-state index contributed by atoms with van der Waals surface area (Å²) >= 11 is 9.88. The summed E-state index contributed by atoms with van der Waals surface area (Å²) in [5.74, 6) is -0.389. The molecule has 1 saturated heterocycles. The second kappa shape index (κ2) is 9.69. The van der Waals surface area contributed by atoms with E-state index in [1.165, 1.54) is 0 Å². The molecule has 2 aromatic carbocycles. The SMILES string of the molecule is N#C/C(=C\c1cn(Cc2ccccc2Cl)c2ccc(Br)cc12)C(=O)NC[C@@H]1CCCO1. The predicted molar refractivity (Wildman–Crippen MR) is 126 cm³/mol. The molecule has 158 valence electrons. The molecular formula is C24H21BrClN3O2. The van der Waals surface area contributed by atoms with E-state index >= 15 is 0 Å². The molecule has 31 heavy (non-hydrogen) atoms. The minimum Gasteiger partial charge on any atom is -0.376 e. The molecule has 1 N–H and O–H groups in total. The zero-order valence-electron chi connectivity index (χ0n) is 16.8. The lowest BCUT2D eigenvalue weighted by molar-refractivity contribution is -0.117. The van der Waals surface area contributed by atoms with Gasteiger partial charge >= 0.3 is 0 Å². The van der Waals surface area contributed by atoms with E-state index in [1.807, 2.05) is 54.7 Å². The van der Waals surface area contributed by atoms with Crippen LogP contribution in [-0.4, -0.2) is 29.7 Å². The van der Waals surface area contributed by atoms with Crippen LogP contribution in [0.15, 0.2) is 58.7 Å². The number of nitrogens with one attached hydrogen (secondary N) is 1. The summed E-state index contributed by atoms with van der Waals surface area (Å²) in [5.41, 5.74) is 2.85. The highest BCUT2D eigenvalue weighted by Gasteiger charge is 2.18. The summed E-state index contributed by atoms with van der Waals surface area (Å²) in [6.07, 6.45) is 5.54. The molecule has 1 aliphatic heterocycles. The van der Waals surface area contributed by atoms with Crippen LogP contribution < -0.4 is 5.32 Å². The number of carbonyl (C=O) groups is 1. The third kappa shape index (κ3) is 5.01. The van der Waals surface area contributed by atoms with Crippen molar-refractivity contribution in [1.82, 2.24) is 9.88 Å². The minimum atomic E-state index is -0.389. The molecular weight excluding hydrogens is 478 g/mol. The molecule has 0 radical (unpaired) electrons. The van der Waals surface area contributed by atoms with E-state index in [9.17, 15) is 10.1 Å². The van der Waals surface area contributed by atoms with Crippen molar-refractivity contribution in [3.63, 3.8) is 0 Å². The molecule has 0 aliphatic carbocycles. The van der Waals surface area contributed by atoms with Gasteiger partial charge < -0.3 is 14.6 Å². The average Bonchev–Trinajstić information content (AvgIpc) is 3.40. The van der Waals surface area contributed by atoms with E-state index in [2.05, 4.69) is 25.8 Å². The number of halogens is 2. The van der Waals surface area contributed by atoms with E-state index in [1.54, 1.807) is 6.08 Å². The van der Waals surface area contributed by atoms with Gasteiger partial charge in [0.1, 0.15) is 11.6 Å². The Bertz CT molecular complexity index is 1190. The summed E-state index contributed by atoms with van der Waals surface area (Å²) in [5, 5.41) is 14.1. The van der Waals surface area contributed by atoms with Gasteiger partial charge in [0.05, 0.1) is 6.10 Å². The zero-order valence-corrected chi connectivity index (χ0v) is 19.1. The summed E-state index contributed by atoms with van der Waals surface area (Å²) < 4.78 is 8.54. The van der Waals surface area contributed by atoms with Crippen molar-refractivity contribution >= 4 is 50.4 Å². The van der Waals surface area contributed by atoms with Crippen LogP contribution >= 0.6 is 27.5 Å². The van der Waals surface area contributed by atoms with Crippen molar-refractivity contribution in [3.05, 3.63) is 74.9 Å². The van der Waals surface area contributed by atoms with Gasteiger partial charge in [-0.05, 0) is 48.7 Å². The van der Waals surface area contributed by atoms with Crippen molar-refractivity contribution < 1.29 is 9.53 Å². The molecule has 2 heterocycles. The Morgan fingerprint density at radius 1 is 1.35 bits per heavy atom. The van der Waals surface area contributed by atoms with Crippen molar-refractivity contribution in [3.8, 4) is 6.07 Å². The molecule has 0 unspecified atom stereocenters. The second-order valence-corrected chi connectivity index (χ2v) is 8.80. The Labute approximate surface area is 194 Å². The molecule has 5 nitrogen and oxygen atoms in total. The van der Waals surface area contributed by atoms with Crippen LogP contribution in [0, 0.1) is 11.3 Å². The second-order valence-electron chi connectivity index (χ2n) is 7.48. The Kier molecular flexibility index (Phi) is 6.77. The van der Waals surface area contributed by atoms with Gasteiger partial charge in [0.15, 0.2) is 0 Å². The van der Waals surface area contributed by atoms with E-state index < -0.39 is 0 Å². The van der Waals surface area contributed by atoms with Gasteiger partial charge in [-0.1, -0.05) is 45.7 Å². The molecule has 1 fully saturated rings. The van der Waals surface area contributed by atoms with E-state index in [0.29, 0.717) is 18.1 Å². The number of nitrogens with zero attached hydrogens (tertiary/aromatic N) is 2. The largest absolute Gasteiger partial charge is 0.376 e. The first kappa shape index (κ1) is 21.6. The maximum absolute atomic E-state index is 12.6. The normalized spacial score (nSPS) is 16.4. The number of carbonyl (C=O) groups excluding carboxylic acids is 1. The van der Waals surface area contributed by atoms with Crippen LogP contribution in [0.3, 0.4) is 0 Å². The lowest BCUT2D eigenvalue weighted by Crippen LogP contribution is -2.32. The van der Waals surface area contributed by atoms with E-state index in [4.69, 9.17) is 16.3 Å². The molecule has 0 spiro atoms. The van der Waals surface area contributed by atoms with E-state index in [0.717, 1.165) is 46.0 Å². The fourth-order valence-electron chi connectivity index (χ4n) is 3.76. The predicted octanol–water partition coefficient (Wildman–Crippen LogP) is 5.31. The molecule has 1 atom stereocenters. The lowest BCUT2D eigenvalue weighted by atomic mass is 10.1. The van der Waals surface area contributed by atoms with Gasteiger partial charge in [-0.2, -0.15) is 5.26 Å². The van der Waals surface area contributed by atoms with Crippen molar-refractivity contribution in [2.24, 2.45) is 0 Å². The molecule has 1 aromatic heterocycles. The van der Waals surface area contributed by atoms with Gasteiger partial charge in [0.25, 0.3) is 5.91 Å². The fraction of sp³-hybridized carbons (Fsp3) is 0.250. The van der Waals surface area contributed by atoms with Crippen molar-refractivity contribution in [2.45, 2.75) is 25.5 Å². The summed E-state index contributed by atoms with van der Waals surface area (Å²) in [7, 11) is 0. The first-order valence-electron chi connectivity index (χ1n) is 10.1. The highest BCUT2D eigenvalue weighted by Crippen LogP contribution is 2.28. The fourth-order valence-corrected chi connectivity index (χ4v) is 4.32. The summed E-state index contributed by atoms with van der Waals surface area (Å²) in [6.45, 7) is 1.72. The summed E-state index contributed by atoms with van der Waals surface area (Å²) in [4.78, 5) is 12.6. The van der Waals surface area contributed by atoms with Crippen LogP contribution in [0.4, 0.5) is 0 Å². The summed E-state index contributed by atoms with van der Waals surface area (Å²) in [6, 6.07) is 15.7. The molecule has 4 rings (SSSR count). The first-order chi connectivity index (χ1) is 15.0. The van der Waals surface area contributed by atoms with Crippen LogP contribution in [0.25, 0.3) is 17.0 Å². The standard InChI is InChI=1S/C24H21BrClN3O2/c25-19-7-8-23-21(11-19)18(15-29(23)14-16-4-1-2-6-22(16)26)10-17(12-27)24(30)28-13-20-5-3-9-31-20/h1-2,4,6-8,10-11,15,20H,3,5,9,13-14H2,(H,28,30)/b17-10+/t20-/m0/s1. The van der Waals surface area contributed by atoms with Gasteiger partial charge in [-0.15, -0.1) is 0 Å². The third-order valence-electron chi connectivity index (χ3n) is 5.35. The topological polar surface area (TPSA) is 67.0 Å². The number of aromatic nitrogens is 1. The number of rotatable bonds is 6. The Hall–Kier alpha value is -2.59. The van der Waals surface area contributed by atoms with Gasteiger partial charge in [0, 0.05) is 51.9 Å². The van der Waals surface area contributed by atoms with Crippen LogP contribution in [0.5, 0.6) is 0 Å². The molecule has 3 aromatic rings. The molecule has 0 saturated carbocycles. The van der Waals surface area contributed by atoms with Gasteiger partial charge in [-0.3, -0.25) is 4.79 Å². The number of hydrogen-bond donors (Lipinski definition) is 1. The maximum atomic E-state index is 12.6. The number of benzene rings is 2. The smallest absolute Gasteiger partial charge is 0.262 e. The average molecular weight is 499 g/mol. The monoisotopic (exact) mass is 497 g/mol. The third-order valence-corrected chi connectivity index (χ3v) is 6.21. The van der Waals surface area contributed by atoms with E-state index in [-0.39, 0.29) is 17.6 Å². The van der Waals surface area contributed by atoms with Crippen molar-refractivity contribution in [2.75, 3.05) is 13.2 Å². The molecule has 1 amide bonds. The molecule has 7 heteroatoms. The van der Waals surface area contributed by atoms with Gasteiger partial charge in [0.2, 0.25) is 0 Å². The van der Waals surface area contributed by atoms with Crippen LogP contribution in [0.1, 0.15) is 24.0 Å². The number of hydrogen-bond acceptors (Lipinski definition) is 3. The molecule has 0 bridgehead atoms. The quantitative estimate of drug-likeness (QED) is 0.370. The van der Waals surface area contributed by atoms with Gasteiger partial charge in [-0.25, -0.2) is 0 Å². The lowest BCUT2D eigenvalue weighted by Gasteiger charge is -2.10. The molecule has 1 aliphatic rings. The Balaban J connectivity index is 1.65. The van der Waals surface area contributed by atoms with Crippen LogP contribution in [-0.2, 0) is 16.1 Å². The first-order valence-corrected chi connectivity index (χ1v) is 11.3. The maximum Gasteiger partial charge on any atom is 0.262 e. The van der Waals surface area contributed by atoms with Crippen molar-refractivity contribution in [1.29, 1.82) is 5.26 Å². The zero-order chi connectivity index (χ0) is 21.8.